The van der Waals surface area contributed by atoms with Crippen LogP contribution in [0.15, 0.2) is 10.6 Å². The molecule has 1 aliphatic carbocycles. The Morgan fingerprint density at radius 1 is 1.77 bits per heavy atom. The lowest BCUT2D eigenvalue weighted by atomic mass is 10.3. The highest BCUT2D eigenvalue weighted by atomic mass is 16.5. The smallest absolute Gasteiger partial charge is 0.223 e. The summed E-state index contributed by atoms with van der Waals surface area (Å²) in [5.74, 6) is 1.17. The van der Waals surface area contributed by atoms with E-state index in [9.17, 15) is 4.79 Å². The van der Waals surface area contributed by atoms with E-state index in [0.29, 0.717) is 6.54 Å². The van der Waals surface area contributed by atoms with E-state index >= 15 is 0 Å². The van der Waals surface area contributed by atoms with Gasteiger partial charge in [0, 0.05) is 12.0 Å². The fraction of sp³-hybridized carbons (Fsp3) is 0.556. The number of hydrogen-bond donors (Lipinski definition) is 1. The SMILES string of the molecule is Cc1cc(CNC(=O)C2CC2)no1. The minimum absolute atomic E-state index is 0.139. The molecule has 0 aliphatic heterocycles. The molecule has 1 aromatic rings. The summed E-state index contributed by atoms with van der Waals surface area (Å²) in [7, 11) is 0. The van der Waals surface area contributed by atoms with Gasteiger partial charge in [-0.25, -0.2) is 0 Å². The Morgan fingerprint density at radius 2 is 2.54 bits per heavy atom. The average molecular weight is 180 g/mol. The highest BCUT2D eigenvalue weighted by molar-refractivity contribution is 5.80. The van der Waals surface area contributed by atoms with Crippen molar-refractivity contribution in [2.45, 2.75) is 26.3 Å². The van der Waals surface area contributed by atoms with Gasteiger partial charge in [0.15, 0.2) is 0 Å². The first-order valence-electron chi connectivity index (χ1n) is 4.45. The molecule has 0 saturated heterocycles. The van der Waals surface area contributed by atoms with Crippen LogP contribution in [0.3, 0.4) is 0 Å². The summed E-state index contributed by atoms with van der Waals surface area (Å²) in [6.07, 6.45) is 2.06. The van der Waals surface area contributed by atoms with Crippen LogP contribution in [-0.4, -0.2) is 11.1 Å². The van der Waals surface area contributed by atoms with Crippen molar-refractivity contribution in [2.24, 2.45) is 5.92 Å². The predicted octanol–water partition coefficient (Wildman–Crippen LogP) is 1.01. The third-order valence-electron chi connectivity index (χ3n) is 2.07. The van der Waals surface area contributed by atoms with Crippen LogP contribution in [-0.2, 0) is 11.3 Å². The van der Waals surface area contributed by atoms with Gasteiger partial charge in [-0.05, 0) is 19.8 Å². The lowest BCUT2D eigenvalue weighted by molar-refractivity contribution is -0.122. The van der Waals surface area contributed by atoms with E-state index in [1.54, 1.807) is 0 Å². The van der Waals surface area contributed by atoms with E-state index in [1.807, 2.05) is 13.0 Å². The Labute approximate surface area is 76.3 Å². The molecule has 1 fully saturated rings. The third kappa shape index (κ3) is 2.08. The highest BCUT2D eigenvalue weighted by Crippen LogP contribution is 2.28. The van der Waals surface area contributed by atoms with Gasteiger partial charge in [-0.2, -0.15) is 0 Å². The van der Waals surface area contributed by atoms with Gasteiger partial charge in [0.2, 0.25) is 5.91 Å². The van der Waals surface area contributed by atoms with Crippen LogP contribution in [0.25, 0.3) is 0 Å². The van der Waals surface area contributed by atoms with Crippen molar-refractivity contribution in [2.75, 3.05) is 0 Å². The van der Waals surface area contributed by atoms with Gasteiger partial charge in [-0.3, -0.25) is 4.79 Å². The summed E-state index contributed by atoms with van der Waals surface area (Å²) in [5, 5.41) is 6.59. The van der Waals surface area contributed by atoms with Crippen LogP contribution >= 0.6 is 0 Å². The van der Waals surface area contributed by atoms with Gasteiger partial charge in [0.1, 0.15) is 11.5 Å². The van der Waals surface area contributed by atoms with Crippen molar-refractivity contribution in [1.82, 2.24) is 10.5 Å². The minimum atomic E-state index is 0.139. The molecule has 70 valence electrons. The second-order valence-corrected chi connectivity index (χ2v) is 3.42. The largest absolute Gasteiger partial charge is 0.361 e. The Morgan fingerprint density at radius 3 is 3.08 bits per heavy atom. The van der Waals surface area contributed by atoms with Gasteiger partial charge >= 0.3 is 0 Å². The van der Waals surface area contributed by atoms with Gasteiger partial charge in [-0.15, -0.1) is 0 Å². The van der Waals surface area contributed by atoms with Gasteiger partial charge in [0.25, 0.3) is 0 Å². The highest BCUT2D eigenvalue weighted by Gasteiger charge is 2.29. The van der Waals surface area contributed by atoms with Crippen LogP contribution in [0.4, 0.5) is 0 Å². The molecule has 0 bridgehead atoms. The molecule has 0 unspecified atom stereocenters. The normalized spacial score (nSPS) is 15.8. The maximum absolute atomic E-state index is 11.2. The Kier molecular flexibility index (Phi) is 2.04. The Hall–Kier alpha value is -1.32. The number of hydrogen-bond acceptors (Lipinski definition) is 3. The summed E-state index contributed by atoms with van der Waals surface area (Å²) < 4.78 is 4.87. The van der Waals surface area contributed by atoms with E-state index in [-0.39, 0.29) is 11.8 Å². The molecule has 0 atom stereocenters. The summed E-state index contributed by atoms with van der Waals surface area (Å²) in [5.41, 5.74) is 0.784. The molecule has 1 aliphatic rings. The summed E-state index contributed by atoms with van der Waals surface area (Å²) in [6.45, 7) is 2.31. The van der Waals surface area contributed by atoms with Crippen molar-refractivity contribution in [3.8, 4) is 0 Å². The maximum Gasteiger partial charge on any atom is 0.223 e. The summed E-state index contributed by atoms with van der Waals surface area (Å²) >= 11 is 0. The molecular weight excluding hydrogens is 168 g/mol. The molecule has 0 spiro atoms. The number of aryl methyl sites for hydroxylation is 1. The number of nitrogens with zero attached hydrogens (tertiary/aromatic N) is 1. The van der Waals surface area contributed by atoms with Crippen LogP contribution in [0.2, 0.25) is 0 Å². The molecular formula is C9H12N2O2. The van der Waals surface area contributed by atoms with Crippen molar-refractivity contribution in [3.63, 3.8) is 0 Å². The molecule has 0 radical (unpaired) electrons. The number of nitrogens with one attached hydrogen (secondary N) is 1. The molecule has 2 rings (SSSR count). The Bertz CT molecular complexity index is 315. The molecule has 0 aromatic carbocycles. The molecule has 1 amide bonds. The van der Waals surface area contributed by atoms with E-state index in [4.69, 9.17) is 4.52 Å². The summed E-state index contributed by atoms with van der Waals surface area (Å²) in [6, 6.07) is 1.83. The van der Waals surface area contributed by atoms with Crippen LogP contribution in [0, 0.1) is 12.8 Å². The van der Waals surface area contributed by atoms with Crippen LogP contribution in [0.1, 0.15) is 24.3 Å². The average Bonchev–Trinajstić information content (AvgIpc) is 2.87. The van der Waals surface area contributed by atoms with Crippen molar-refractivity contribution in [1.29, 1.82) is 0 Å². The van der Waals surface area contributed by atoms with E-state index in [2.05, 4.69) is 10.5 Å². The molecule has 1 aromatic heterocycles. The van der Waals surface area contributed by atoms with Crippen molar-refractivity contribution < 1.29 is 9.32 Å². The van der Waals surface area contributed by atoms with E-state index < -0.39 is 0 Å². The standard InChI is InChI=1S/C9H12N2O2/c1-6-4-8(11-13-6)5-10-9(12)7-2-3-7/h4,7H,2-3,5H2,1H3,(H,10,12). The van der Waals surface area contributed by atoms with E-state index in [1.165, 1.54) is 0 Å². The minimum Gasteiger partial charge on any atom is -0.361 e. The first kappa shape index (κ1) is 8.29. The lowest BCUT2D eigenvalue weighted by Crippen LogP contribution is -2.24. The molecule has 1 N–H and O–H groups in total. The Balaban J connectivity index is 1.81. The quantitative estimate of drug-likeness (QED) is 0.755. The number of carbonyl (C=O) groups excluding carboxylic acids is 1. The number of aromatic nitrogens is 1. The molecule has 4 heteroatoms. The zero-order chi connectivity index (χ0) is 9.26. The van der Waals surface area contributed by atoms with Crippen LogP contribution < -0.4 is 5.32 Å². The first-order valence-corrected chi connectivity index (χ1v) is 4.45. The molecule has 13 heavy (non-hydrogen) atoms. The van der Waals surface area contributed by atoms with Gasteiger partial charge < -0.3 is 9.84 Å². The zero-order valence-corrected chi connectivity index (χ0v) is 7.54. The second kappa shape index (κ2) is 3.20. The van der Waals surface area contributed by atoms with Gasteiger partial charge in [-0.1, -0.05) is 5.16 Å². The van der Waals surface area contributed by atoms with Crippen LogP contribution in [0.5, 0.6) is 0 Å². The fourth-order valence-electron chi connectivity index (χ4n) is 1.17. The maximum atomic E-state index is 11.2. The zero-order valence-electron chi connectivity index (χ0n) is 7.54. The van der Waals surface area contributed by atoms with Crippen molar-refractivity contribution >= 4 is 5.91 Å². The topological polar surface area (TPSA) is 55.1 Å². The number of carbonyl (C=O) groups is 1. The molecule has 1 heterocycles. The predicted molar refractivity (Wildman–Crippen MR) is 45.8 cm³/mol. The third-order valence-corrected chi connectivity index (χ3v) is 2.07. The van der Waals surface area contributed by atoms with Gasteiger partial charge in [0.05, 0.1) is 6.54 Å². The monoisotopic (exact) mass is 180 g/mol. The number of amides is 1. The summed E-state index contributed by atoms with van der Waals surface area (Å²) in [4.78, 5) is 11.2. The molecule has 1 saturated carbocycles. The van der Waals surface area contributed by atoms with E-state index in [0.717, 1.165) is 24.3 Å². The first-order chi connectivity index (χ1) is 6.25. The van der Waals surface area contributed by atoms with Crippen molar-refractivity contribution in [3.05, 3.63) is 17.5 Å². The second-order valence-electron chi connectivity index (χ2n) is 3.42. The lowest BCUT2D eigenvalue weighted by Gasteiger charge is -1.99. The molecule has 4 nitrogen and oxygen atoms in total. The fourth-order valence-corrected chi connectivity index (χ4v) is 1.17. The number of rotatable bonds is 3.